The van der Waals surface area contributed by atoms with Crippen LogP contribution in [0.4, 0.5) is 0 Å². The smallest absolute Gasteiger partial charge is 0.235 e. The van der Waals surface area contributed by atoms with E-state index in [1.165, 1.54) is 16.5 Å². The average Bonchev–Trinajstić information content (AvgIpc) is 3.57. The predicted molar refractivity (Wildman–Crippen MR) is 132 cm³/mol. The van der Waals surface area contributed by atoms with Gasteiger partial charge < -0.3 is 4.90 Å². The van der Waals surface area contributed by atoms with E-state index in [1.807, 2.05) is 60.4 Å². The Morgan fingerprint density at radius 3 is 2.59 bits per heavy atom. The fourth-order valence-electron chi connectivity index (χ4n) is 3.75. The first kappa shape index (κ1) is 21.5. The van der Waals surface area contributed by atoms with E-state index in [-0.39, 0.29) is 11.2 Å². The number of hydrogen-bond acceptors (Lipinski definition) is 7. The molecule has 2 aromatic carbocycles. The van der Waals surface area contributed by atoms with Gasteiger partial charge in [0.2, 0.25) is 5.91 Å². The molecule has 4 aromatic rings. The van der Waals surface area contributed by atoms with Gasteiger partial charge in [-0.15, -0.1) is 21.5 Å². The summed E-state index contributed by atoms with van der Waals surface area (Å²) in [5.41, 5.74) is 2.02. The summed E-state index contributed by atoms with van der Waals surface area (Å²) >= 11 is 4.84. The van der Waals surface area contributed by atoms with Gasteiger partial charge in [-0.1, -0.05) is 53.9 Å². The minimum absolute atomic E-state index is 0.181. The number of hydrogen-bond donors (Lipinski definition) is 0. The van der Waals surface area contributed by atoms with E-state index < -0.39 is 0 Å². The number of thioether (sulfide) groups is 2. The Kier molecular flexibility index (Phi) is 6.47. The molecule has 1 atom stereocenters. The molecule has 1 aliphatic rings. The Morgan fingerprint density at radius 2 is 1.81 bits per heavy atom. The third-order valence-electron chi connectivity index (χ3n) is 5.36. The van der Waals surface area contributed by atoms with Crippen molar-refractivity contribution in [1.82, 2.24) is 24.6 Å². The monoisotopic (exact) mass is 481 g/mol. The molecule has 0 saturated carbocycles. The van der Waals surface area contributed by atoms with Crippen LogP contribution in [0.3, 0.4) is 0 Å². The molecule has 0 spiro atoms. The average molecular weight is 482 g/mol. The Balaban J connectivity index is 1.38. The number of carbonyl (C=O) groups is 1. The van der Waals surface area contributed by atoms with Gasteiger partial charge in [-0.3, -0.25) is 9.36 Å². The lowest BCUT2D eigenvalue weighted by molar-refractivity contribution is -0.129. The minimum atomic E-state index is -0.204. The first-order chi connectivity index (χ1) is 15.7. The predicted octanol–water partition coefficient (Wildman–Crippen LogP) is 5.27. The number of carbonyl (C=O) groups excluding carboxylic acids is 1. The number of aromatic nitrogens is 4. The molecule has 1 fully saturated rings. The highest BCUT2D eigenvalue weighted by atomic mass is 32.2. The molecule has 32 heavy (non-hydrogen) atoms. The van der Waals surface area contributed by atoms with Gasteiger partial charge in [0.1, 0.15) is 5.82 Å². The van der Waals surface area contributed by atoms with Crippen LogP contribution in [0.1, 0.15) is 25.6 Å². The standard InChI is InChI=1S/C23H23N5OS3/c1-16(21(29)27-13-7-8-14-27)31-22-26-25-20(28(22)17-9-3-2-4-10-17)15-30-23-24-18-11-5-6-12-19(18)32-23/h2-6,9-12,16H,7-8,13-15H2,1H3. The van der Waals surface area contributed by atoms with E-state index in [0.29, 0.717) is 5.75 Å². The topological polar surface area (TPSA) is 63.9 Å². The Morgan fingerprint density at radius 1 is 1.06 bits per heavy atom. The number of fused-ring (bicyclic) bond motifs is 1. The zero-order valence-electron chi connectivity index (χ0n) is 17.7. The van der Waals surface area contributed by atoms with Crippen LogP contribution in [0.15, 0.2) is 64.1 Å². The summed E-state index contributed by atoms with van der Waals surface area (Å²) in [7, 11) is 0. The highest BCUT2D eigenvalue weighted by Crippen LogP contribution is 2.33. The fraction of sp³-hybridized carbons (Fsp3) is 0.304. The fourth-order valence-corrected chi connectivity index (χ4v) is 6.70. The summed E-state index contributed by atoms with van der Waals surface area (Å²) in [5.74, 6) is 1.68. The van der Waals surface area contributed by atoms with Crippen molar-refractivity contribution in [3.8, 4) is 5.69 Å². The quantitative estimate of drug-likeness (QED) is 0.335. The van der Waals surface area contributed by atoms with E-state index in [9.17, 15) is 4.79 Å². The summed E-state index contributed by atoms with van der Waals surface area (Å²) in [6.07, 6.45) is 2.19. The normalized spacial score (nSPS) is 14.8. The van der Waals surface area contributed by atoms with Crippen molar-refractivity contribution in [3.63, 3.8) is 0 Å². The molecule has 1 amide bonds. The Bertz CT molecular complexity index is 1180. The molecule has 0 bridgehead atoms. The lowest BCUT2D eigenvalue weighted by Crippen LogP contribution is -2.34. The number of para-hydroxylation sites is 2. The lowest BCUT2D eigenvalue weighted by atomic mass is 10.3. The lowest BCUT2D eigenvalue weighted by Gasteiger charge is -2.20. The van der Waals surface area contributed by atoms with Crippen LogP contribution in [0, 0.1) is 0 Å². The summed E-state index contributed by atoms with van der Waals surface area (Å²) < 4.78 is 4.27. The second-order valence-corrected chi connectivity index (χ2v) is 11.2. The zero-order chi connectivity index (χ0) is 21.9. The number of rotatable bonds is 7. The van der Waals surface area contributed by atoms with Crippen LogP contribution >= 0.6 is 34.9 Å². The summed E-state index contributed by atoms with van der Waals surface area (Å²) in [5, 5.41) is 9.51. The second-order valence-electron chi connectivity index (χ2n) is 7.60. The molecule has 1 aliphatic heterocycles. The summed E-state index contributed by atoms with van der Waals surface area (Å²) in [6, 6.07) is 18.3. The van der Waals surface area contributed by atoms with E-state index in [4.69, 9.17) is 4.98 Å². The van der Waals surface area contributed by atoms with Gasteiger partial charge in [0.25, 0.3) is 0 Å². The van der Waals surface area contributed by atoms with Gasteiger partial charge in [0.15, 0.2) is 9.50 Å². The van der Waals surface area contributed by atoms with Crippen molar-refractivity contribution in [1.29, 1.82) is 0 Å². The number of amides is 1. The molecule has 1 saturated heterocycles. The highest BCUT2D eigenvalue weighted by molar-refractivity contribution is 8.00. The number of thiazole rings is 1. The van der Waals surface area contributed by atoms with Gasteiger partial charge in [-0.05, 0) is 44.0 Å². The SMILES string of the molecule is CC(Sc1nnc(CSc2nc3ccccc3s2)n1-c1ccccc1)C(=O)N1CCCC1. The molecule has 0 aliphatic carbocycles. The summed E-state index contributed by atoms with van der Waals surface area (Å²) in [4.78, 5) is 19.5. The molecule has 2 aromatic heterocycles. The van der Waals surface area contributed by atoms with Gasteiger partial charge in [-0.25, -0.2) is 4.98 Å². The van der Waals surface area contributed by atoms with Crippen molar-refractivity contribution in [2.24, 2.45) is 0 Å². The van der Waals surface area contributed by atoms with E-state index >= 15 is 0 Å². The third-order valence-corrected chi connectivity index (χ3v) is 8.57. The molecular formula is C23H23N5OS3. The molecule has 164 valence electrons. The molecule has 1 unspecified atom stereocenters. The maximum absolute atomic E-state index is 12.8. The first-order valence-electron chi connectivity index (χ1n) is 10.6. The van der Waals surface area contributed by atoms with Crippen molar-refractivity contribution >= 4 is 51.0 Å². The first-order valence-corrected chi connectivity index (χ1v) is 13.3. The Labute approximate surface area is 199 Å². The third kappa shape index (κ3) is 4.55. The molecule has 0 N–H and O–H groups in total. The molecular weight excluding hydrogens is 458 g/mol. The molecule has 0 radical (unpaired) electrons. The zero-order valence-corrected chi connectivity index (χ0v) is 20.1. The maximum Gasteiger partial charge on any atom is 0.235 e. The van der Waals surface area contributed by atoms with E-state index in [1.54, 1.807) is 23.1 Å². The van der Waals surface area contributed by atoms with Gasteiger partial charge in [-0.2, -0.15) is 0 Å². The highest BCUT2D eigenvalue weighted by Gasteiger charge is 2.26. The molecule has 6 nitrogen and oxygen atoms in total. The minimum Gasteiger partial charge on any atom is -0.342 e. The van der Waals surface area contributed by atoms with Gasteiger partial charge in [0, 0.05) is 18.8 Å². The van der Waals surface area contributed by atoms with Crippen LogP contribution in [0.2, 0.25) is 0 Å². The number of nitrogens with zero attached hydrogens (tertiary/aromatic N) is 5. The van der Waals surface area contributed by atoms with Crippen LogP contribution < -0.4 is 0 Å². The van der Waals surface area contributed by atoms with Crippen molar-refractivity contribution in [3.05, 3.63) is 60.4 Å². The molecule has 9 heteroatoms. The number of likely N-dealkylation sites (tertiary alicyclic amines) is 1. The Hall–Kier alpha value is -2.36. The molecule has 3 heterocycles. The van der Waals surface area contributed by atoms with E-state index in [0.717, 1.165) is 52.5 Å². The van der Waals surface area contributed by atoms with Crippen molar-refractivity contribution in [2.45, 2.75) is 40.3 Å². The second kappa shape index (κ2) is 9.64. The van der Waals surface area contributed by atoms with Crippen LogP contribution in [0.5, 0.6) is 0 Å². The van der Waals surface area contributed by atoms with Crippen LogP contribution in [-0.4, -0.2) is 48.9 Å². The molecule has 5 rings (SSSR count). The number of benzene rings is 2. The van der Waals surface area contributed by atoms with Crippen LogP contribution in [0.25, 0.3) is 15.9 Å². The van der Waals surface area contributed by atoms with Crippen LogP contribution in [-0.2, 0) is 10.5 Å². The van der Waals surface area contributed by atoms with Gasteiger partial charge in [0.05, 0.1) is 21.2 Å². The van der Waals surface area contributed by atoms with Gasteiger partial charge >= 0.3 is 0 Å². The maximum atomic E-state index is 12.8. The summed E-state index contributed by atoms with van der Waals surface area (Å²) in [6.45, 7) is 3.68. The van der Waals surface area contributed by atoms with Crippen molar-refractivity contribution in [2.75, 3.05) is 13.1 Å². The largest absolute Gasteiger partial charge is 0.342 e. The van der Waals surface area contributed by atoms with Crippen molar-refractivity contribution < 1.29 is 4.79 Å². The van der Waals surface area contributed by atoms with E-state index in [2.05, 4.69) is 20.8 Å².